The van der Waals surface area contributed by atoms with E-state index in [2.05, 4.69) is 39.0 Å². The highest BCUT2D eigenvalue weighted by atomic mass is 28.2. The molecule has 0 aliphatic carbocycles. The average Bonchev–Trinajstić information content (AvgIpc) is 2.15. The van der Waals surface area contributed by atoms with Crippen LogP contribution in [0.25, 0.3) is 0 Å². The zero-order valence-electron chi connectivity index (χ0n) is 8.95. The van der Waals surface area contributed by atoms with Gasteiger partial charge in [0.1, 0.15) is 0 Å². The van der Waals surface area contributed by atoms with E-state index in [1.807, 2.05) is 18.2 Å². The zero-order valence-corrected chi connectivity index (χ0v) is 9.95. The molecule has 1 nitrogen and oxygen atoms in total. The van der Waals surface area contributed by atoms with Gasteiger partial charge in [-0.3, -0.25) is 0 Å². The Labute approximate surface area is 88.7 Å². The van der Waals surface area contributed by atoms with E-state index in [1.165, 1.54) is 10.8 Å². The van der Waals surface area contributed by atoms with Gasteiger partial charge < -0.3 is 4.43 Å². The third kappa shape index (κ3) is 4.39. The molecule has 0 amide bonds. The van der Waals surface area contributed by atoms with E-state index in [4.69, 9.17) is 4.43 Å². The van der Waals surface area contributed by atoms with Crippen molar-refractivity contribution in [3.63, 3.8) is 0 Å². The van der Waals surface area contributed by atoms with Crippen molar-refractivity contribution in [3.8, 4) is 0 Å². The molecule has 1 rings (SSSR count). The first-order valence-electron chi connectivity index (χ1n) is 4.80. The van der Waals surface area contributed by atoms with Crippen LogP contribution in [0.2, 0.25) is 0 Å². The number of hydrogen-bond donors (Lipinski definition) is 0. The van der Waals surface area contributed by atoms with Crippen LogP contribution in [0.3, 0.4) is 0 Å². The Bertz CT molecular complexity index is 288. The molecule has 0 saturated heterocycles. The minimum Gasteiger partial charge on any atom is -0.405 e. The lowest BCUT2D eigenvalue weighted by atomic mass is 10.2. The number of hydrogen-bond acceptors (Lipinski definition) is 1. The smallest absolute Gasteiger partial charge is 0.269 e. The number of benzene rings is 1. The summed E-state index contributed by atoms with van der Waals surface area (Å²) in [7, 11) is 0.440. The van der Waals surface area contributed by atoms with Crippen molar-refractivity contribution in [2.75, 3.05) is 0 Å². The lowest BCUT2D eigenvalue weighted by molar-refractivity contribution is 0.289. The van der Waals surface area contributed by atoms with Gasteiger partial charge in [0.2, 0.25) is 0 Å². The molecule has 0 N–H and O–H groups in total. The van der Waals surface area contributed by atoms with Crippen LogP contribution in [0.1, 0.15) is 20.8 Å². The first kappa shape index (κ1) is 11.2. The molecule has 74 valence electrons. The highest BCUT2D eigenvalue weighted by Gasteiger charge is 2.00. The van der Waals surface area contributed by atoms with E-state index < -0.39 is 0 Å². The van der Waals surface area contributed by atoms with Crippen LogP contribution in [0, 0.1) is 0 Å². The number of rotatable bonds is 4. The van der Waals surface area contributed by atoms with Gasteiger partial charge in [-0.2, -0.15) is 0 Å². The minimum atomic E-state index is 0.207. The van der Waals surface area contributed by atoms with Gasteiger partial charge in [-0.05, 0) is 26.0 Å². The Morgan fingerprint density at radius 2 is 1.93 bits per heavy atom. The summed E-state index contributed by atoms with van der Waals surface area (Å²) in [5, 5.41) is 1.25. The van der Waals surface area contributed by atoms with Crippen molar-refractivity contribution in [1.82, 2.24) is 0 Å². The van der Waals surface area contributed by atoms with Gasteiger partial charge in [-0.25, -0.2) is 0 Å². The van der Waals surface area contributed by atoms with Gasteiger partial charge >= 0.3 is 0 Å². The maximum absolute atomic E-state index is 5.69. The predicted octanol–water partition coefficient (Wildman–Crippen LogP) is 2.30. The van der Waals surface area contributed by atoms with Crippen LogP contribution >= 0.6 is 0 Å². The summed E-state index contributed by atoms with van der Waals surface area (Å²) in [6, 6.07) is 10.3. The second kappa shape index (κ2) is 5.78. The van der Waals surface area contributed by atoms with Gasteiger partial charge in [0.25, 0.3) is 9.76 Å². The zero-order chi connectivity index (χ0) is 10.4. The van der Waals surface area contributed by atoms with Crippen LogP contribution < -0.4 is 5.19 Å². The summed E-state index contributed by atoms with van der Waals surface area (Å²) >= 11 is 0. The molecular weight excluding hydrogens is 188 g/mol. The van der Waals surface area contributed by atoms with Gasteiger partial charge in [0, 0.05) is 0 Å². The summed E-state index contributed by atoms with van der Waals surface area (Å²) in [5.41, 5.74) is 1.30. The molecule has 2 radical (unpaired) electrons. The molecule has 0 aliphatic heterocycles. The third-order valence-corrected chi connectivity index (χ3v) is 2.76. The Morgan fingerprint density at radius 1 is 1.29 bits per heavy atom. The predicted molar refractivity (Wildman–Crippen MR) is 61.8 cm³/mol. The van der Waals surface area contributed by atoms with Gasteiger partial charge in [-0.15, -0.1) is 0 Å². The van der Waals surface area contributed by atoms with Crippen LogP contribution in [-0.4, -0.2) is 15.9 Å². The third-order valence-electron chi connectivity index (χ3n) is 1.70. The van der Waals surface area contributed by atoms with E-state index >= 15 is 0 Å². The molecule has 1 aromatic carbocycles. The van der Waals surface area contributed by atoms with E-state index in [0.29, 0.717) is 9.76 Å². The Kier molecular flexibility index (Phi) is 4.63. The van der Waals surface area contributed by atoms with Gasteiger partial charge in [-0.1, -0.05) is 42.0 Å². The molecule has 0 saturated carbocycles. The molecule has 2 heteroatoms. The molecule has 0 bridgehead atoms. The number of allylic oxidation sites excluding steroid dienone is 1. The summed E-state index contributed by atoms with van der Waals surface area (Å²) < 4.78 is 5.69. The second-order valence-electron chi connectivity index (χ2n) is 3.54. The summed E-state index contributed by atoms with van der Waals surface area (Å²) in [5.74, 6) is 0. The summed E-state index contributed by atoms with van der Waals surface area (Å²) in [6.45, 7) is 6.25. The fourth-order valence-electron chi connectivity index (χ4n) is 1.17. The molecule has 0 spiro atoms. The van der Waals surface area contributed by atoms with Crippen LogP contribution in [0.5, 0.6) is 0 Å². The fraction of sp³-hybridized carbons (Fsp3) is 0.333. The minimum absolute atomic E-state index is 0.207. The van der Waals surface area contributed by atoms with Crippen LogP contribution in [0.4, 0.5) is 0 Å². The SMILES string of the molecule is CC(C)=CC(C)O[Si]c1ccccc1. The normalized spacial score (nSPS) is 12.2. The van der Waals surface area contributed by atoms with Crippen molar-refractivity contribution in [3.05, 3.63) is 42.0 Å². The lowest BCUT2D eigenvalue weighted by Gasteiger charge is -2.08. The summed E-state index contributed by atoms with van der Waals surface area (Å²) in [6.07, 6.45) is 2.34. The highest BCUT2D eigenvalue weighted by Crippen LogP contribution is 1.97. The average molecular weight is 204 g/mol. The molecular formula is C12H16OSi. The second-order valence-corrected chi connectivity index (χ2v) is 4.55. The van der Waals surface area contributed by atoms with E-state index in [9.17, 15) is 0 Å². The van der Waals surface area contributed by atoms with Crippen molar-refractivity contribution < 1.29 is 4.43 Å². The van der Waals surface area contributed by atoms with Crippen molar-refractivity contribution in [1.29, 1.82) is 0 Å². The van der Waals surface area contributed by atoms with Crippen molar-refractivity contribution in [2.45, 2.75) is 26.9 Å². The van der Waals surface area contributed by atoms with Gasteiger partial charge in [0.15, 0.2) is 0 Å². The van der Waals surface area contributed by atoms with Crippen LogP contribution in [0.15, 0.2) is 42.0 Å². The first-order valence-corrected chi connectivity index (χ1v) is 5.71. The van der Waals surface area contributed by atoms with Gasteiger partial charge in [0.05, 0.1) is 6.10 Å². The monoisotopic (exact) mass is 204 g/mol. The van der Waals surface area contributed by atoms with E-state index in [1.54, 1.807) is 0 Å². The van der Waals surface area contributed by atoms with Crippen molar-refractivity contribution in [2.24, 2.45) is 0 Å². The Balaban J connectivity index is 2.38. The first-order chi connectivity index (χ1) is 6.68. The molecule has 1 aromatic rings. The molecule has 1 unspecified atom stereocenters. The van der Waals surface area contributed by atoms with E-state index in [-0.39, 0.29) is 6.10 Å². The Hall–Kier alpha value is -0.863. The summed E-state index contributed by atoms with van der Waals surface area (Å²) in [4.78, 5) is 0. The standard InChI is InChI=1S/C12H16OSi/c1-10(2)9-11(3)13-14-12-7-5-4-6-8-12/h4-9,11H,1-3H3. The van der Waals surface area contributed by atoms with E-state index in [0.717, 1.165) is 0 Å². The largest absolute Gasteiger partial charge is 0.405 e. The molecule has 0 aromatic heterocycles. The molecule has 14 heavy (non-hydrogen) atoms. The Morgan fingerprint density at radius 3 is 2.50 bits per heavy atom. The molecule has 0 heterocycles. The molecule has 0 aliphatic rings. The maximum atomic E-state index is 5.69. The quantitative estimate of drug-likeness (QED) is 0.540. The fourth-order valence-corrected chi connectivity index (χ4v) is 1.89. The topological polar surface area (TPSA) is 9.23 Å². The highest BCUT2D eigenvalue weighted by molar-refractivity contribution is 6.46. The van der Waals surface area contributed by atoms with Crippen LogP contribution in [-0.2, 0) is 4.43 Å². The molecule has 1 atom stereocenters. The maximum Gasteiger partial charge on any atom is 0.269 e. The molecule has 0 fully saturated rings. The van der Waals surface area contributed by atoms with Crippen molar-refractivity contribution >= 4 is 14.9 Å². The lowest BCUT2D eigenvalue weighted by Crippen LogP contribution is -2.21.